The molecule has 0 saturated carbocycles. The maximum Gasteiger partial charge on any atom is 0.263 e. The molecule has 4 rings (SSSR count). The molecular weight excluding hydrogens is 316 g/mol. The molecule has 1 aromatic rings. The highest BCUT2D eigenvalue weighted by Gasteiger charge is 2.42. The predicted molar refractivity (Wildman–Crippen MR) is 93.3 cm³/mol. The summed E-state index contributed by atoms with van der Waals surface area (Å²) in [4.78, 5) is 17.4. The van der Waals surface area contributed by atoms with Gasteiger partial charge < -0.3 is 10.2 Å². The van der Waals surface area contributed by atoms with Gasteiger partial charge in [-0.25, -0.2) is 0 Å². The van der Waals surface area contributed by atoms with Crippen molar-refractivity contribution in [2.75, 3.05) is 26.2 Å². The minimum absolute atomic E-state index is 0. The molecule has 3 heterocycles. The van der Waals surface area contributed by atoms with Crippen LogP contribution in [0, 0.1) is 5.41 Å². The fourth-order valence-electron chi connectivity index (χ4n) is 4.18. The number of rotatable bonds is 1. The van der Waals surface area contributed by atoms with Gasteiger partial charge in [-0.15, -0.1) is 23.7 Å². The number of amides is 1. The number of halogens is 1. The molecule has 1 atom stereocenters. The Bertz CT molecular complexity index is 527. The Balaban J connectivity index is 0.00000144. The summed E-state index contributed by atoms with van der Waals surface area (Å²) in [6, 6.07) is 2.20. The third-order valence-corrected chi connectivity index (χ3v) is 6.74. The molecule has 0 bridgehead atoms. The molecule has 1 amide bonds. The van der Waals surface area contributed by atoms with Crippen LogP contribution < -0.4 is 5.32 Å². The Morgan fingerprint density at radius 3 is 2.91 bits per heavy atom. The van der Waals surface area contributed by atoms with Crippen molar-refractivity contribution in [2.24, 2.45) is 5.41 Å². The standard InChI is InChI=1S/C17H24N2OS.ClH/c20-16(19-9-7-17(12-19)6-8-18-11-17)15-10-13-4-2-1-3-5-14(13)21-15;/h10,18H,1-9,11-12H2;1H. The molecule has 1 aliphatic carbocycles. The lowest BCUT2D eigenvalue weighted by atomic mass is 9.87. The van der Waals surface area contributed by atoms with Gasteiger partial charge in [-0.2, -0.15) is 0 Å². The van der Waals surface area contributed by atoms with Crippen LogP contribution >= 0.6 is 23.7 Å². The van der Waals surface area contributed by atoms with E-state index in [0.29, 0.717) is 5.41 Å². The van der Waals surface area contributed by atoms with E-state index in [1.165, 1.54) is 55.4 Å². The molecule has 122 valence electrons. The summed E-state index contributed by atoms with van der Waals surface area (Å²) in [5.41, 5.74) is 1.83. The van der Waals surface area contributed by atoms with E-state index in [9.17, 15) is 4.79 Å². The lowest BCUT2D eigenvalue weighted by molar-refractivity contribution is 0.0780. The Kier molecular flexibility index (Phi) is 4.81. The highest BCUT2D eigenvalue weighted by Crippen LogP contribution is 2.37. The van der Waals surface area contributed by atoms with Crippen LogP contribution in [0.25, 0.3) is 0 Å². The second-order valence-electron chi connectivity index (χ2n) is 7.02. The zero-order chi connectivity index (χ0) is 14.3. The van der Waals surface area contributed by atoms with Gasteiger partial charge in [0.25, 0.3) is 5.91 Å². The first kappa shape index (κ1) is 16.3. The molecule has 1 spiro atoms. The molecular formula is C17H25ClN2OS. The first-order chi connectivity index (χ1) is 10.3. The van der Waals surface area contributed by atoms with E-state index in [0.717, 1.165) is 31.1 Å². The fraction of sp³-hybridized carbons (Fsp3) is 0.706. The molecule has 3 aliphatic rings. The van der Waals surface area contributed by atoms with Gasteiger partial charge in [0, 0.05) is 29.9 Å². The summed E-state index contributed by atoms with van der Waals surface area (Å²) in [5, 5.41) is 3.47. The fourth-order valence-corrected chi connectivity index (χ4v) is 5.40. The number of likely N-dealkylation sites (tertiary alicyclic amines) is 1. The summed E-state index contributed by atoms with van der Waals surface area (Å²) < 4.78 is 0. The Labute approximate surface area is 142 Å². The second-order valence-corrected chi connectivity index (χ2v) is 8.16. The molecule has 1 unspecified atom stereocenters. The van der Waals surface area contributed by atoms with E-state index in [2.05, 4.69) is 16.3 Å². The van der Waals surface area contributed by atoms with Crippen LogP contribution in [-0.2, 0) is 12.8 Å². The third kappa shape index (κ3) is 2.93. The first-order valence-corrected chi connectivity index (χ1v) is 9.19. The van der Waals surface area contributed by atoms with Gasteiger partial charge in [0.1, 0.15) is 0 Å². The Morgan fingerprint density at radius 1 is 1.23 bits per heavy atom. The van der Waals surface area contributed by atoms with Crippen LogP contribution in [0.2, 0.25) is 0 Å². The summed E-state index contributed by atoms with van der Waals surface area (Å²) >= 11 is 1.77. The number of carbonyl (C=O) groups excluding carboxylic acids is 1. The number of nitrogens with zero attached hydrogens (tertiary/aromatic N) is 1. The maximum absolute atomic E-state index is 12.8. The molecule has 2 fully saturated rings. The number of nitrogens with one attached hydrogen (secondary N) is 1. The maximum atomic E-state index is 12.8. The molecule has 0 aromatic carbocycles. The minimum atomic E-state index is 0. The van der Waals surface area contributed by atoms with Crippen molar-refractivity contribution in [1.82, 2.24) is 10.2 Å². The SMILES string of the molecule is Cl.O=C(c1cc2c(s1)CCCCC2)N1CCC2(CCNC2)C1. The normalized spacial score (nSPS) is 27.5. The van der Waals surface area contributed by atoms with Crippen molar-refractivity contribution in [1.29, 1.82) is 0 Å². The monoisotopic (exact) mass is 340 g/mol. The van der Waals surface area contributed by atoms with Crippen molar-refractivity contribution in [3.05, 3.63) is 21.4 Å². The van der Waals surface area contributed by atoms with Gasteiger partial charge in [0.15, 0.2) is 0 Å². The van der Waals surface area contributed by atoms with E-state index in [1.54, 1.807) is 11.3 Å². The largest absolute Gasteiger partial charge is 0.337 e. The van der Waals surface area contributed by atoms with Crippen LogP contribution in [0.1, 0.15) is 52.2 Å². The van der Waals surface area contributed by atoms with Crippen LogP contribution in [0.5, 0.6) is 0 Å². The topological polar surface area (TPSA) is 32.3 Å². The van der Waals surface area contributed by atoms with Crippen molar-refractivity contribution < 1.29 is 4.79 Å². The molecule has 5 heteroatoms. The van der Waals surface area contributed by atoms with Crippen molar-refractivity contribution >= 4 is 29.7 Å². The van der Waals surface area contributed by atoms with E-state index < -0.39 is 0 Å². The molecule has 0 radical (unpaired) electrons. The zero-order valence-electron chi connectivity index (χ0n) is 13.0. The summed E-state index contributed by atoms with van der Waals surface area (Å²) in [7, 11) is 0. The van der Waals surface area contributed by atoms with Gasteiger partial charge in [-0.3, -0.25) is 4.79 Å². The molecule has 2 saturated heterocycles. The van der Waals surface area contributed by atoms with Gasteiger partial charge in [-0.1, -0.05) is 6.42 Å². The molecule has 1 aromatic heterocycles. The van der Waals surface area contributed by atoms with E-state index in [4.69, 9.17) is 0 Å². The van der Waals surface area contributed by atoms with Crippen LogP contribution in [-0.4, -0.2) is 37.0 Å². The molecule has 22 heavy (non-hydrogen) atoms. The number of aryl methyl sites for hydroxylation is 2. The van der Waals surface area contributed by atoms with Crippen LogP contribution in [0.3, 0.4) is 0 Å². The Morgan fingerprint density at radius 2 is 2.09 bits per heavy atom. The van der Waals surface area contributed by atoms with Crippen molar-refractivity contribution in [3.8, 4) is 0 Å². The number of fused-ring (bicyclic) bond motifs is 1. The van der Waals surface area contributed by atoms with E-state index in [1.807, 2.05) is 0 Å². The van der Waals surface area contributed by atoms with E-state index >= 15 is 0 Å². The van der Waals surface area contributed by atoms with E-state index in [-0.39, 0.29) is 18.3 Å². The lowest BCUT2D eigenvalue weighted by Crippen LogP contribution is -2.32. The predicted octanol–water partition coefficient (Wildman–Crippen LogP) is 3.26. The number of carbonyl (C=O) groups is 1. The average Bonchev–Trinajstić information content (AvgIpc) is 3.19. The number of hydrogen-bond acceptors (Lipinski definition) is 3. The number of thiophene rings is 1. The van der Waals surface area contributed by atoms with Gasteiger partial charge >= 0.3 is 0 Å². The lowest BCUT2D eigenvalue weighted by Gasteiger charge is -2.22. The van der Waals surface area contributed by atoms with Gasteiger partial charge in [0.2, 0.25) is 0 Å². The highest BCUT2D eigenvalue weighted by molar-refractivity contribution is 7.14. The Hall–Kier alpha value is -0.580. The van der Waals surface area contributed by atoms with Crippen molar-refractivity contribution in [2.45, 2.75) is 44.9 Å². The number of hydrogen-bond donors (Lipinski definition) is 1. The summed E-state index contributed by atoms with van der Waals surface area (Å²) in [6.07, 6.45) is 8.69. The van der Waals surface area contributed by atoms with Crippen LogP contribution in [0.4, 0.5) is 0 Å². The quantitative estimate of drug-likeness (QED) is 0.796. The highest BCUT2D eigenvalue weighted by atomic mass is 35.5. The second kappa shape index (κ2) is 6.50. The smallest absolute Gasteiger partial charge is 0.263 e. The average molecular weight is 341 g/mol. The first-order valence-electron chi connectivity index (χ1n) is 8.37. The molecule has 3 nitrogen and oxygen atoms in total. The summed E-state index contributed by atoms with van der Waals surface area (Å²) in [5.74, 6) is 0.289. The molecule has 2 aliphatic heterocycles. The van der Waals surface area contributed by atoms with Gasteiger partial charge in [0.05, 0.1) is 4.88 Å². The van der Waals surface area contributed by atoms with Crippen molar-refractivity contribution in [3.63, 3.8) is 0 Å². The summed E-state index contributed by atoms with van der Waals surface area (Å²) in [6.45, 7) is 4.12. The zero-order valence-corrected chi connectivity index (χ0v) is 14.7. The third-order valence-electron chi connectivity index (χ3n) is 5.52. The molecule has 1 N–H and O–H groups in total. The minimum Gasteiger partial charge on any atom is -0.337 e. The van der Waals surface area contributed by atoms with Crippen LogP contribution in [0.15, 0.2) is 6.07 Å². The van der Waals surface area contributed by atoms with Gasteiger partial charge in [-0.05, 0) is 56.7 Å².